The minimum absolute atomic E-state index is 0.0336. The van der Waals surface area contributed by atoms with Crippen LogP contribution in [0.4, 0.5) is 0 Å². The maximum absolute atomic E-state index is 12.5. The molecule has 0 radical (unpaired) electrons. The lowest BCUT2D eigenvalue weighted by atomic mass is 10.2. The van der Waals surface area contributed by atoms with E-state index in [4.69, 9.17) is 9.84 Å². The molecule has 1 atom stereocenters. The highest BCUT2D eigenvalue weighted by Gasteiger charge is 2.39. The van der Waals surface area contributed by atoms with Crippen LogP contribution >= 0.6 is 0 Å². The van der Waals surface area contributed by atoms with Gasteiger partial charge in [0, 0.05) is 6.54 Å². The van der Waals surface area contributed by atoms with Crippen molar-refractivity contribution < 1.29 is 27.9 Å². The third-order valence-electron chi connectivity index (χ3n) is 3.46. The molecule has 0 saturated carbocycles. The average Bonchev–Trinajstić information content (AvgIpc) is 2.98. The van der Waals surface area contributed by atoms with E-state index < -0.39 is 28.0 Å². The van der Waals surface area contributed by atoms with E-state index in [9.17, 15) is 18.0 Å². The summed E-state index contributed by atoms with van der Waals surface area (Å²) in [5.74, 6) is -1.68. The maximum atomic E-state index is 12.5. The number of aliphatic carboxylic acids is 1. The van der Waals surface area contributed by atoms with Crippen molar-refractivity contribution in [1.82, 2.24) is 4.31 Å². The number of ether oxygens (including phenoxy) is 1. The van der Waals surface area contributed by atoms with Crippen molar-refractivity contribution in [2.45, 2.75) is 30.7 Å². The number of rotatable bonds is 5. The molecule has 7 nitrogen and oxygen atoms in total. The average molecular weight is 327 g/mol. The summed E-state index contributed by atoms with van der Waals surface area (Å²) < 4.78 is 30.8. The fourth-order valence-corrected chi connectivity index (χ4v) is 4.04. The summed E-state index contributed by atoms with van der Waals surface area (Å²) in [5.41, 5.74) is 0.247. The van der Waals surface area contributed by atoms with Gasteiger partial charge in [-0.2, -0.15) is 4.31 Å². The summed E-state index contributed by atoms with van der Waals surface area (Å²) in [4.78, 5) is 22.6. The quantitative estimate of drug-likeness (QED) is 0.813. The second-order valence-corrected chi connectivity index (χ2v) is 6.75. The number of carboxylic acid groups (broad SMARTS) is 1. The van der Waals surface area contributed by atoms with Gasteiger partial charge in [-0.1, -0.05) is 0 Å². The third kappa shape index (κ3) is 3.12. The van der Waals surface area contributed by atoms with Crippen molar-refractivity contribution in [3.05, 3.63) is 29.8 Å². The Labute approximate surface area is 128 Å². The molecule has 0 aliphatic carbocycles. The van der Waals surface area contributed by atoms with Crippen molar-refractivity contribution in [3.63, 3.8) is 0 Å². The second kappa shape index (κ2) is 6.45. The van der Waals surface area contributed by atoms with Gasteiger partial charge in [0.1, 0.15) is 6.04 Å². The number of hydrogen-bond donors (Lipinski definition) is 1. The van der Waals surface area contributed by atoms with Crippen LogP contribution in [0.15, 0.2) is 29.2 Å². The van der Waals surface area contributed by atoms with Gasteiger partial charge in [-0.25, -0.2) is 13.2 Å². The summed E-state index contributed by atoms with van der Waals surface area (Å²) in [7, 11) is -3.89. The Bertz CT molecular complexity index is 667. The molecule has 0 unspecified atom stereocenters. The zero-order valence-electron chi connectivity index (χ0n) is 12.1. The van der Waals surface area contributed by atoms with Gasteiger partial charge < -0.3 is 9.84 Å². The number of nitrogens with zero attached hydrogens (tertiary/aromatic N) is 1. The number of carbonyl (C=O) groups is 2. The molecule has 0 amide bonds. The molecule has 1 aliphatic heterocycles. The predicted octanol–water partition coefficient (Wildman–Crippen LogP) is 1.10. The number of benzene rings is 1. The van der Waals surface area contributed by atoms with Crippen molar-refractivity contribution in [1.29, 1.82) is 0 Å². The first-order valence-electron chi connectivity index (χ1n) is 6.89. The zero-order chi connectivity index (χ0) is 16.3. The van der Waals surface area contributed by atoms with Crippen molar-refractivity contribution in [3.8, 4) is 0 Å². The van der Waals surface area contributed by atoms with Crippen molar-refractivity contribution in [2.75, 3.05) is 13.2 Å². The minimum Gasteiger partial charge on any atom is -0.480 e. The molecular formula is C14H17NO6S. The number of carboxylic acids is 1. The van der Waals surface area contributed by atoms with Gasteiger partial charge in [-0.05, 0) is 44.0 Å². The van der Waals surface area contributed by atoms with Crippen LogP contribution < -0.4 is 0 Å². The summed E-state index contributed by atoms with van der Waals surface area (Å²) in [6, 6.07) is 4.26. The molecule has 0 aromatic heterocycles. The first-order chi connectivity index (χ1) is 10.4. The second-order valence-electron chi connectivity index (χ2n) is 4.86. The van der Waals surface area contributed by atoms with Crippen molar-refractivity contribution in [2.24, 2.45) is 0 Å². The molecule has 1 saturated heterocycles. The number of sulfonamides is 1. The van der Waals surface area contributed by atoms with Gasteiger partial charge >= 0.3 is 11.9 Å². The first-order valence-corrected chi connectivity index (χ1v) is 8.33. The highest BCUT2D eigenvalue weighted by Crippen LogP contribution is 2.26. The van der Waals surface area contributed by atoms with E-state index in [0.29, 0.717) is 12.8 Å². The molecular weight excluding hydrogens is 310 g/mol. The normalized spacial score (nSPS) is 19.0. The Morgan fingerprint density at radius 1 is 1.32 bits per heavy atom. The van der Waals surface area contributed by atoms with Crippen LogP contribution in [0.2, 0.25) is 0 Å². The topological polar surface area (TPSA) is 101 Å². The largest absolute Gasteiger partial charge is 0.480 e. The highest BCUT2D eigenvalue weighted by molar-refractivity contribution is 7.89. The van der Waals surface area contributed by atoms with Crippen LogP contribution in [0.3, 0.4) is 0 Å². The molecule has 1 heterocycles. The lowest BCUT2D eigenvalue weighted by molar-refractivity contribution is -0.140. The third-order valence-corrected chi connectivity index (χ3v) is 5.38. The number of hydrogen-bond acceptors (Lipinski definition) is 5. The van der Waals surface area contributed by atoms with E-state index in [0.717, 1.165) is 4.31 Å². The fraction of sp³-hybridized carbons (Fsp3) is 0.429. The summed E-state index contributed by atoms with van der Waals surface area (Å²) in [5, 5.41) is 9.10. The van der Waals surface area contributed by atoms with E-state index in [1.54, 1.807) is 6.92 Å². The molecule has 1 fully saturated rings. The predicted molar refractivity (Wildman–Crippen MR) is 76.9 cm³/mol. The number of carbonyl (C=O) groups excluding carboxylic acids is 1. The zero-order valence-corrected chi connectivity index (χ0v) is 12.9. The lowest BCUT2D eigenvalue weighted by Gasteiger charge is -2.21. The monoisotopic (exact) mass is 327 g/mol. The van der Waals surface area contributed by atoms with Crippen LogP contribution in [0.25, 0.3) is 0 Å². The van der Waals surface area contributed by atoms with Gasteiger partial charge in [0.25, 0.3) is 0 Å². The molecule has 1 aliphatic rings. The van der Waals surface area contributed by atoms with E-state index in [2.05, 4.69) is 0 Å². The molecule has 2 rings (SSSR count). The van der Waals surface area contributed by atoms with Crippen LogP contribution in [-0.4, -0.2) is 49.0 Å². The molecule has 120 valence electrons. The SMILES string of the molecule is CCOC(=O)c1ccc(S(=O)(=O)N2CCC[C@H]2C(=O)O)cc1. The smallest absolute Gasteiger partial charge is 0.338 e. The first kappa shape index (κ1) is 16.4. The Hall–Kier alpha value is -1.93. The Balaban J connectivity index is 2.26. The van der Waals surface area contributed by atoms with E-state index in [1.807, 2.05) is 0 Å². The van der Waals surface area contributed by atoms with E-state index in [-0.39, 0.29) is 23.6 Å². The highest BCUT2D eigenvalue weighted by atomic mass is 32.2. The van der Waals surface area contributed by atoms with E-state index in [1.165, 1.54) is 24.3 Å². The molecule has 0 bridgehead atoms. The number of esters is 1. The molecule has 0 spiro atoms. The Morgan fingerprint density at radius 3 is 2.50 bits per heavy atom. The summed E-state index contributed by atoms with van der Waals surface area (Å²) in [6.45, 7) is 2.09. The summed E-state index contributed by atoms with van der Waals surface area (Å²) >= 11 is 0. The standard InChI is InChI=1S/C14H17NO6S/c1-2-21-14(18)10-5-7-11(8-6-10)22(19,20)15-9-3-4-12(15)13(16)17/h5-8,12H,2-4,9H2,1H3,(H,16,17)/t12-/m0/s1. The van der Waals surface area contributed by atoms with Crippen LogP contribution in [-0.2, 0) is 19.6 Å². The van der Waals surface area contributed by atoms with Crippen molar-refractivity contribution >= 4 is 22.0 Å². The Kier molecular flexibility index (Phi) is 4.82. The van der Waals surface area contributed by atoms with Gasteiger partial charge in [0.2, 0.25) is 10.0 Å². The van der Waals surface area contributed by atoms with Gasteiger partial charge in [0.15, 0.2) is 0 Å². The lowest BCUT2D eigenvalue weighted by Crippen LogP contribution is -2.40. The van der Waals surface area contributed by atoms with Crippen LogP contribution in [0.1, 0.15) is 30.1 Å². The molecule has 1 N–H and O–H groups in total. The summed E-state index contributed by atoms with van der Waals surface area (Å²) in [6.07, 6.45) is 0.812. The van der Waals surface area contributed by atoms with Gasteiger partial charge in [-0.15, -0.1) is 0 Å². The van der Waals surface area contributed by atoms with Crippen LogP contribution in [0, 0.1) is 0 Å². The molecule has 1 aromatic carbocycles. The molecule has 22 heavy (non-hydrogen) atoms. The Morgan fingerprint density at radius 2 is 1.95 bits per heavy atom. The maximum Gasteiger partial charge on any atom is 0.338 e. The van der Waals surface area contributed by atoms with E-state index >= 15 is 0 Å². The molecule has 8 heteroatoms. The van der Waals surface area contributed by atoms with Gasteiger partial charge in [0.05, 0.1) is 17.1 Å². The van der Waals surface area contributed by atoms with Crippen LogP contribution in [0.5, 0.6) is 0 Å². The van der Waals surface area contributed by atoms with Gasteiger partial charge in [-0.3, -0.25) is 4.79 Å². The molecule has 1 aromatic rings. The fourth-order valence-electron chi connectivity index (χ4n) is 2.39. The minimum atomic E-state index is -3.89.